The number of hydrogen-bond acceptors (Lipinski definition) is 3. The summed E-state index contributed by atoms with van der Waals surface area (Å²) in [7, 11) is 0. The van der Waals surface area contributed by atoms with E-state index in [9.17, 15) is 4.79 Å². The van der Waals surface area contributed by atoms with E-state index >= 15 is 0 Å². The maximum atomic E-state index is 12.5. The Kier molecular flexibility index (Phi) is 3.32. The molecule has 0 aliphatic rings. The van der Waals surface area contributed by atoms with Crippen LogP contribution in [0.15, 0.2) is 42.6 Å². The van der Waals surface area contributed by atoms with Crippen molar-refractivity contribution < 1.29 is 4.79 Å². The summed E-state index contributed by atoms with van der Waals surface area (Å²) in [6.45, 7) is 1.96. The first-order valence-electron chi connectivity index (χ1n) is 7.06. The van der Waals surface area contributed by atoms with Crippen LogP contribution in [0, 0.1) is 6.92 Å². The molecule has 0 aliphatic heterocycles. The minimum atomic E-state index is -0.176. The standard InChI is InChI=1S/C17H12ClN3OS/c1-9-6-10(18)7-14-15(9)20-17(23-14)21-16(22)12-8-19-13-5-3-2-4-11(12)13/h2-8,19H,1H3,(H,20,21,22). The second-order valence-corrected chi connectivity index (χ2v) is 6.76. The summed E-state index contributed by atoms with van der Waals surface area (Å²) in [5.74, 6) is -0.176. The van der Waals surface area contributed by atoms with Crippen molar-refractivity contribution in [1.29, 1.82) is 0 Å². The SMILES string of the molecule is Cc1cc(Cl)cc2sc(NC(=O)c3c[nH]c4ccccc34)nc12. The number of hydrogen-bond donors (Lipinski definition) is 2. The van der Waals surface area contributed by atoms with E-state index in [1.165, 1.54) is 11.3 Å². The number of rotatable bonds is 2. The maximum absolute atomic E-state index is 12.5. The first kappa shape index (κ1) is 14.2. The molecule has 0 fully saturated rings. The molecule has 0 bridgehead atoms. The van der Waals surface area contributed by atoms with Gasteiger partial charge in [0.15, 0.2) is 5.13 Å². The Bertz CT molecular complexity index is 1050. The molecule has 0 aliphatic carbocycles. The summed E-state index contributed by atoms with van der Waals surface area (Å²) in [4.78, 5) is 20.1. The summed E-state index contributed by atoms with van der Waals surface area (Å²) < 4.78 is 0.962. The molecule has 2 heterocycles. The lowest BCUT2D eigenvalue weighted by atomic mass is 10.2. The lowest BCUT2D eigenvalue weighted by Crippen LogP contribution is -2.10. The van der Waals surface area contributed by atoms with Crippen molar-refractivity contribution in [2.45, 2.75) is 6.92 Å². The van der Waals surface area contributed by atoms with Crippen molar-refractivity contribution in [3.63, 3.8) is 0 Å². The molecule has 2 aromatic carbocycles. The van der Waals surface area contributed by atoms with E-state index in [2.05, 4.69) is 15.3 Å². The van der Waals surface area contributed by atoms with Gasteiger partial charge in [-0.15, -0.1) is 0 Å². The topological polar surface area (TPSA) is 57.8 Å². The molecule has 114 valence electrons. The Morgan fingerprint density at radius 1 is 1.30 bits per heavy atom. The number of aromatic amines is 1. The molecule has 0 saturated carbocycles. The number of carbonyl (C=O) groups excluding carboxylic acids is 1. The number of nitrogens with one attached hydrogen (secondary N) is 2. The second kappa shape index (κ2) is 5.37. The van der Waals surface area contributed by atoms with E-state index in [1.54, 1.807) is 6.20 Å². The van der Waals surface area contributed by atoms with Crippen molar-refractivity contribution in [2.75, 3.05) is 5.32 Å². The minimum absolute atomic E-state index is 0.176. The summed E-state index contributed by atoms with van der Waals surface area (Å²) in [6, 6.07) is 11.4. The molecule has 0 unspecified atom stereocenters. The molecule has 0 spiro atoms. The number of para-hydroxylation sites is 1. The summed E-state index contributed by atoms with van der Waals surface area (Å²) >= 11 is 7.49. The van der Waals surface area contributed by atoms with Gasteiger partial charge in [0.25, 0.3) is 5.91 Å². The first-order chi connectivity index (χ1) is 11.1. The van der Waals surface area contributed by atoms with Gasteiger partial charge in [0.2, 0.25) is 0 Å². The number of fused-ring (bicyclic) bond motifs is 2. The lowest BCUT2D eigenvalue weighted by molar-refractivity contribution is 0.102. The molecular weight excluding hydrogens is 330 g/mol. The van der Waals surface area contributed by atoms with Crippen LogP contribution in [0.25, 0.3) is 21.1 Å². The molecule has 1 amide bonds. The second-order valence-electron chi connectivity index (χ2n) is 5.29. The summed E-state index contributed by atoms with van der Waals surface area (Å²) in [6.07, 6.45) is 1.72. The fourth-order valence-electron chi connectivity index (χ4n) is 2.63. The van der Waals surface area contributed by atoms with E-state index in [0.717, 1.165) is 26.7 Å². The van der Waals surface area contributed by atoms with Crippen LogP contribution in [-0.2, 0) is 0 Å². The highest BCUT2D eigenvalue weighted by Crippen LogP contribution is 2.31. The van der Waals surface area contributed by atoms with Gasteiger partial charge in [-0.25, -0.2) is 4.98 Å². The highest BCUT2D eigenvalue weighted by molar-refractivity contribution is 7.22. The van der Waals surface area contributed by atoms with Crippen molar-refractivity contribution in [3.05, 3.63) is 58.7 Å². The quantitative estimate of drug-likeness (QED) is 0.539. The summed E-state index contributed by atoms with van der Waals surface area (Å²) in [5.41, 5.74) is 3.41. The molecule has 4 aromatic rings. The number of anilines is 1. The Morgan fingerprint density at radius 2 is 2.13 bits per heavy atom. The van der Waals surface area contributed by atoms with E-state index in [4.69, 9.17) is 11.6 Å². The third-order valence-electron chi connectivity index (χ3n) is 3.70. The van der Waals surface area contributed by atoms with Crippen LogP contribution < -0.4 is 5.32 Å². The number of halogens is 1. The monoisotopic (exact) mass is 341 g/mol. The molecule has 2 N–H and O–H groups in total. The number of thiazole rings is 1. The summed E-state index contributed by atoms with van der Waals surface area (Å²) in [5, 5.41) is 5.02. The van der Waals surface area contributed by atoms with Gasteiger partial charge in [0, 0.05) is 22.1 Å². The number of nitrogens with zero attached hydrogens (tertiary/aromatic N) is 1. The van der Waals surface area contributed by atoms with Crippen LogP contribution in [-0.4, -0.2) is 15.9 Å². The smallest absolute Gasteiger partial charge is 0.259 e. The predicted octanol–water partition coefficient (Wildman–Crippen LogP) is 4.99. The van der Waals surface area contributed by atoms with Gasteiger partial charge in [-0.1, -0.05) is 41.1 Å². The zero-order valence-electron chi connectivity index (χ0n) is 12.2. The molecule has 6 heteroatoms. The van der Waals surface area contributed by atoms with Gasteiger partial charge < -0.3 is 4.98 Å². The lowest BCUT2D eigenvalue weighted by Gasteiger charge is -1.99. The van der Waals surface area contributed by atoms with Crippen LogP contribution in [0.2, 0.25) is 5.02 Å². The minimum Gasteiger partial charge on any atom is -0.360 e. The third kappa shape index (κ3) is 2.48. The van der Waals surface area contributed by atoms with Crippen molar-refractivity contribution >= 4 is 55.1 Å². The normalized spacial score (nSPS) is 11.2. The molecule has 2 aromatic heterocycles. The molecule has 0 radical (unpaired) electrons. The number of benzene rings is 2. The Balaban J connectivity index is 1.70. The number of aryl methyl sites for hydroxylation is 1. The van der Waals surface area contributed by atoms with Crippen LogP contribution in [0.5, 0.6) is 0 Å². The van der Waals surface area contributed by atoms with Crippen molar-refractivity contribution in [3.8, 4) is 0 Å². The highest BCUT2D eigenvalue weighted by Gasteiger charge is 2.14. The average molecular weight is 342 g/mol. The van der Waals surface area contributed by atoms with Gasteiger partial charge in [-0.2, -0.15) is 0 Å². The van der Waals surface area contributed by atoms with E-state index in [0.29, 0.717) is 15.7 Å². The molecular formula is C17H12ClN3OS. The Labute approximate surface area is 141 Å². The van der Waals surface area contributed by atoms with Crippen LogP contribution in [0.3, 0.4) is 0 Å². The first-order valence-corrected chi connectivity index (χ1v) is 8.25. The molecule has 0 atom stereocenters. The largest absolute Gasteiger partial charge is 0.360 e. The number of carbonyl (C=O) groups is 1. The van der Waals surface area contributed by atoms with E-state index in [-0.39, 0.29) is 5.91 Å². The van der Waals surface area contributed by atoms with Crippen LogP contribution in [0.4, 0.5) is 5.13 Å². The molecule has 23 heavy (non-hydrogen) atoms. The third-order valence-corrected chi connectivity index (χ3v) is 4.84. The van der Waals surface area contributed by atoms with Gasteiger partial charge in [-0.05, 0) is 30.7 Å². The highest BCUT2D eigenvalue weighted by atomic mass is 35.5. The average Bonchev–Trinajstić information content (AvgIpc) is 3.10. The van der Waals surface area contributed by atoms with Gasteiger partial charge >= 0.3 is 0 Å². The van der Waals surface area contributed by atoms with Crippen LogP contribution in [0.1, 0.15) is 15.9 Å². The predicted molar refractivity (Wildman–Crippen MR) is 95.6 cm³/mol. The zero-order chi connectivity index (χ0) is 16.0. The van der Waals surface area contributed by atoms with Gasteiger partial charge in [0.1, 0.15) is 0 Å². The van der Waals surface area contributed by atoms with Gasteiger partial charge in [-0.3, -0.25) is 10.1 Å². The Hall–Kier alpha value is -2.37. The van der Waals surface area contributed by atoms with Crippen LogP contribution >= 0.6 is 22.9 Å². The van der Waals surface area contributed by atoms with Crippen molar-refractivity contribution in [2.24, 2.45) is 0 Å². The van der Waals surface area contributed by atoms with Crippen molar-refractivity contribution in [1.82, 2.24) is 9.97 Å². The zero-order valence-corrected chi connectivity index (χ0v) is 13.8. The van der Waals surface area contributed by atoms with E-state index < -0.39 is 0 Å². The molecule has 0 saturated heterocycles. The Morgan fingerprint density at radius 3 is 3.00 bits per heavy atom. The number of amides is 1. The molecule has 4 rings (SSSR count). The maximum Gasteiger partial charge on any atom is 0.259 e. The fourth-order valence-corrected chi connectivity index (χ4v) is 3.95. The number of aromatic nitrogens is 2. The fraction of sp³-hybridized carbons (Fsp3) is 0.0588. The molecule has 4 nitrogen and oxygen atoms in total. The van der Waals surface area contributed by atoms with Gasteiger partial charge in [0.05, 0.1) is 15.8 Å². The van der Waals surface area contributed by atoms with E-state index in [1.807, 2.05) is 43.3 Å². The number of H-pyrrole nitrogens is 1.